The quantitative estimate of drug-likeness (QED) is 0.870. The average molecular weight is 268 g/mol. The molecular formula is C13H20N2O2S. The van der Waals surface area contributed by atoms with Crippen LogP contribution < -0.4 is 10.5 Å². The van der Waals surface area contributed by atoms with Gasteiger partial charge < -0.3 is 5.73 Å². The van der Waals surface area contributed by atoms with Crippen molar-refractivity contribution in [1.29, 1.82) is 0 Å². The molecular weight excluding hydrogens is 248 g/mol. The highest BCUT2D eigenvalue weighted by molar-refractivity contribution is 7.89. The molecule has 0 bridgehead atoms. The summed E-state index contributed by atoms with van der Waals surface area (Å²) in [6.07, 6.45) is 1.85. The number of nitrogens with one attached hydrogen (secondary N) is 1. The summed E-state index contributed by atoms with van der Waals surface area (Å²) < 4.78 is 27.3. The minimum atomic E-state index is -3.41. The highest BCUT2D eigenvalue weighted by Crippen LogP contribution is 2.28. The van der Waals surface area contributed by atoms with Crippen LogP contribution in [0.2, 0.25) is 0 Å². The van der Waals surface area contributed by atoms with Crippen molar-refractivity contribution in [3.63, 3.8) is 0 Å². The molecule has 1 aromatic rings. The third-order valence-corrected chi connectivity index (χ3v) is 5.27. The molecule has 100 valence electrons. The van der Waals surface area contributed by atoms with Crippen LogP contribution in [0.5, 0.6) is 0 Å². The Kier molecular flexibility index (Phi) is 3.75. The molecule has 0 spiro atoms. The molecule has 5 heteroatoms. The first kappa shape index (κ1) is 13.5. The summed E-state index contributed by atoms with van der Waals surface area (Å²) in [5, 5.41) is 0. The largest absolute Gasteiger partial charge is 0.326 e. The van der Waals surface area contributed by atoms with Crippen LogP contribution in [0.3, 0.4) is 0 Å². The summed E-state index contributed by atoms with van der Waals surface area (Å²) in [5.74, 6) is 0.620. The third kappa shape index (κ3) is 2.58. The van der Waals surface area contributed by atoms with Gasteiger partial charge in [-0.05, 0) is 42.9 Å². The molecule has 1 saturated carbocycles. The molecule has 0 saturated heterocycles. The predicted molar refractivity (Wildman–Crippen MR) is 71.6 cm³/mol. The van der Waals surface area contributed by atoms with E-state index in [1.807, 2.05) is 6.07 Å². The number of hydrogen-bond donors (Lipinski definition) is 2. The van der Waals surface area contributed by atoms with Gasteiger partial charge in [-0.2, -0.15) is 0 Å². The minimum Gasteiger partial charge on any atom is -0.326 e. The van der Waals surface area contributed by atoms with Crippen LogP contribution >= 0.6 is 0 Å². The van der Waals surface area contributed by atoms with Crippen LogP contribution in [0.15, 0.2) is 23.1 Å². The molecule has 0 aliphatic heterocycles. The van der Waals surface area contributed by atoms with Crippen molar-refractivity contribution in [3.05, 3.63) is 29.3 Å². The topological polar surface area (TPSA) is 72.2 Å². The molecule has 18 heavy (non-hydrogen) atoms. The first-order valence-corrected chi connectivity index (χ1v) is 7.73. The van der Waals surface area contributed by atoms with E-state index in [1.165, 1.54) is 0 Å². The minimum absolute atomic E-state index is 0.0888. The summed E-state index contributed by atoms with van der Waals surface area (Å²) >= 11 is 0. The Balaban J connectivity index is 2.24. The molecule has 0 radical (unpaired) electrons. The van der Waals surface area contributed by atoms with Gasteiger partial charge in [0.05, 0.1) is 4.90 Å². The molecule has 0 heterocycles. The Morgan fingerprint density at radius 2 is 2.06 bits per heavy atom. The Hall–Kier alpha value is -0.910. The molecule has 1 aliphatic carbocycles. The zero-order valence-corrected chi connectivity index (χ0v) is 11.6. The van der Waals surface area contributed by atoms with E-state index in [1.54, 1.807) is 19.1 Å². The summed E-state index contributed by atoms with van der Waals surface area (Å²) in [6, 6.07) is 5.33. The normalized spacial score (nSPS) is 23.7. The van der Waals surface area contributed by atoms with E-state index in [-0.39, 0.29) is 6.04 Å². The SMILES string of the molecule is Cc1c(CN)cccc1S(=O)(=O)NC1CC(C)C1. The van der Waals surface area contributed by atoms with E-state index in [9.17, 15) is 8.42 Å². The number of nitrogens with two attached hydrogens (primary N) is 1. The van der Waals surface area contributed by atoms with Gasteiger partial charge in [0.1, 0.15) is 0 Å². The van der Waals surface area contributed by atoms with Crippen molar-refractivity contribution in [2.45, 2.75) is 44.2 Å². The van der Waals surface area contributed by atoms with Crippen LogP contribution in [0.4, 0.5) is 0 Å². The van der Waals surface area contributed by atoms with Crippen LogP contribution in [0.1, 0.15) is 30.9 Å². The Morgan fingerprint density at radius 3 is 2.61 bits per heavy atom. The maximum Gasteiger partial charge on any atom is 0.241 e. The molecule has 0 atom stereocenters. The highest BCUT2D eigenvalue weighted by atomic mass is 32.2. The fraction of sp³-hybridized carbons (Fsp3) is 0.538. The van der Waals surface area contributed by atoms with Gasteiger partial charge in [0.25, 0.3) is 0 Å². The zero-order chi connectivity index (χ0) is 13.3. The zero-order valence-electron chi connectivity index (χ0n) is 10.8. The molecule has 3 N–H and O–H groups in total. The van der Waals surface area contributed by atoms with Gasteiger partial charge >= 0.3 is 0 Å². The second-order valence-electron chi connectivity index (χ2n) is 5.14. The monoisotopic (exact) mass is 268 g/mol. The maximum absolute atomic E-state index is 12.3. The molecule has 0 amide bonds. The van der Waals surface area contributed by atoms with E-state index in [0.29, 0.717) is 17.4 Å². The molecule has 1 fully saturated rings. The molecule has 0 aromatic heterocycles. The second-order valence-corrected chi connectivity index (χ2v) is 6.82. The average Bonchev–Trinajstić information content (AvgIpc) is 2.26. The van der Waals surface area contributed by atoms with Crippen molar-refractivity contribution < 1.29 is 8.42 Å². The van der Waals surface area contributed by atoms with Crippen molar-refractivity contribution in [3.8, 4) is 0 Å². The summed E-state index contributed by atoms with van der Waals surface area (Å²) in [7, 11) is -3.41. The van der Waals surface area contributed by atoms with E-state index >= 15 is 0 Å². The molecule has 0 unspecified atom stereocenters. The summed E-state index contributed by atoms with van der Waals surface area (Å²) in [6.45, 7) is 4.29. The van der Waals surface area contributed by atoms with Crippen LogP contribution in [-0.2, 0) is 16.6 Å². The van der Waals surface area contributed by atoms with Gasteiger partial charge in [-0.1, -0.05) is 19.1 Å². The second kappa shape index (κ2) is 4.99. The van der Waals surface area contributed by atoms with Gasteiger partial charge in [0, 0.05) is 12.6 Å². The van der Waals surface area contributed by atoms with Crippen LogP contribution in [0.25, 0.3) is 0 Å². The van der Waals surface area contributed by atoms with E-state index in [2.05, 4.69) is 11.6 Å². The fourth-order valence-electron chi connectivity index (χ4n) is 2.45. The van der Waals surface area contributed by atoms with E-state index in [0.717, 1.165) is 24.0 Å². The van der Waals surface area contributed by atoms with Gasteiger partial charge in [0.2, 0.25) is 10.0 Å². The van der Waals surface area contributed by atoms with Gasteiger partial charge in [-0.25, -0.2) is 13.1 Å². The van der Waals surface area contributed by atoms with E-state index < -0.39 is 10.0 Å². The van der Waals surface area contributed by atoms with Gasteiger partial charge in [0.15, 0.2) is 0 Å². The van der Waals surface area contributed by atoms with Crippen molar-refractivity contribution in [1.82, 2.24) is 4.72 Å². The van der Waals surface area contributed by atoms with Gasteiger partial charge in [-0.3, -0.25) is 0 Å². The number of sulfonamides is 1. The Labute approximate surface area is 109 Å². The van der Waals surface area contributed by atoms with Crippen LogP contribution in [-0.4, -0.2) is 14.5 Å². The first-order valence-electron chi connectivity index (χ1n) is 6.25. The maximum atomic E-state index is 12.3. The molecule has 1 aromatic carbocycles. The molecule has 2 rings (SSSR count). The molecule has 1 aliphatic rings. The lowest BCUT2D eigenvalue weighted by Crippen LogP contribution is -2.43. The fourth-order valence-corrected chi connectivity index (χ4v) is 4.00. The van der Waals surface area contributed by atoms with Crippen LogP contribution in [0, 0.1) is 12.8 Å². The predicted octanol–water partition coefficient (Wildman–Crippen LogP) is 1.53. The van der Waals surface area contributed by atoms with Gasteiger partial charge in [-0.15, -0.1) is 0 Å². The lowest BCUT2D eigenvalue weighted by Gasteiger charge is -2.33. The van der Waals surface area contributed by atoms with Crippen molar-refractivity contribution in [2.75, 3.05) is 0 Å². The van der Waals surface area contributed by atoms with Crippen molar-refractivity contribution in [2.24, 2.45) is 11.7 Å². The Morgan fingerprint density at radius 1 is 1.39 bits per heavy atom. The third-order valence-electron chi connectivity index (χ3n) is 3.60. The smallest absolute Gasteiger partial charge is 0.241 e. The lowest BCUT2D eigenvalue weighted by atomic mass is 9.83. The number of benzene rings is 1. The summed E-state index contributed by atoms with van der Waals surface area (Å²) in [5.41, 5.74) is 7.23. The molecule has 4 nitrogen and oxygen atoms in total. The Bertz CT molecular complexity index is 534. The first-order chi connectivity index (χ1) is 8.44. The van der Waals surface area contributed by atoms with E-state index in [4.69, 9.17) is 5.73 Å². The van der Waals surface area contributed by atoms with Crippen molar-refractivity contribution >= 4 is 10.0 Å². The highest BCUT2D eigenvalue weighted by Gasteiger charge is 2.30. The lowest BCUT2D eigenvalue weighted by molar-refractivity contribution is 0.270. The number of hydrogen-bond acceptors (Lipinski definition) is 3. The summed E-state index contributed by atoms with van der Waals surface area (Å²) in [4.78, 5) is 0.352. The number of rotatable bonds is 4. The standard InChI is InChI=1S/C13H20N2O2S/c1-9-6-12(7-9)15-18(16,17)13-5-3-4-11(8-14)10(13)2/h3-5,9,12,15H,6-8,14H2,1-2H3.